The Labute approximate surface area is 114 Å². The van der Waals surface area contributed by atoms with Crippen LogP contribution in [0.5, 0.6) is 0 Å². The van der Waals surface area contributed by atoms with Crippen molar-refractivity contribution in [3.63, 3.8) is 0 Å². The standard InChI is InChI=1S/C13H10ClN5/c14-10-3-1-2-8(6-10)11-12(18-19-13(11)15)9-4-5-16-17-7-9/h1-7H,(H3,15,18,19). The summed E-state index contributed by atoms with van der Waals surface area (Å²) < 4.78 is 0. The minimum absolute atomic E-state index is 0.425. The molecule has 0 saturated carbocycles. The number of hydrogen-bond donors (Lipinski definition) is 2. The summed E-state index contributed by atoms with van der Waals surface area (Å²) in [5.41, 5.74) is 9.33. The molecular weight excluding hydrogens is 262 g/mol. The van der Waals surface area contributed by atoms with E-state index in [0.717, 1.165) is 22.4 Å². The minimum Gasteiger partial charge on any atom is -0.382 e. The first-order valence-electron chi connectivity index (χ1n) is 5.62. The number of aromatic nitrogens is 4. The largest absolute Gasteiger partial charge is 0.382 e. The summed E-state index contributed by atoms with van der Waals surface area (Å²) in [5, 5.41) is 15.2. The fraction of sp³-hybridized carbons (Fsp3) is 0. The molecule has 0 aliphatic carbocycles. The second kappa shape index (κ2) is 4.70. The number of anilines is 1. The third-order valence-corrected chi connectivity index (χ3v) is 3.02. The third-order valence-electron chi connectivity index (χ3n) is 2.78. The zero-order valence-electron chi connectivity index (χ0n) is 9.84. The zero-order valence-corrected chi connectivity index (χ0v) is 10.6. The van der Waals surface area contributed by atoms with Gasteiger partial charge in [-0.15, -0.1) is 0 Å². The first kappa shape index (κ1) is 11.7. The van der Waals surface area contributed by atoms with Gasteiger partial charge in [0.2, 0.25) is 0 Å². The number of rotatable bonds is 2. The summed E-state index contributed by atoms with van der Waals surface area (Å²) in [6.45, 7) is 0. The molecule has 0 amide bonds. The number of H-pyrrole nitrogens is 1. The van der Waals surface area contributed by atoms with Gasteiger partial charge in [-0.25, -0.2) is 0 Å². The Hall–Kier alpha value is -2.40. The van der Waals surface area contributed by atoms with Crippen LogP contribution in [-0.2, 0) is 0 Å². The number of nitrogens with zero attached hydrogens (tertiary/aromatic N) is 3. The molecule has 0 aliphatic heterocycles. The number of nitrogens with one attached hydrogen (secondary N) is 1. The predicted octanol–water partition coefficient (Wildman–Crippen LogP) is 2.77. The van der Waals surface area contributed by atoms with E-state index in [1.54, 1.807) is 12.4 Å². The van der Waals surface area contributed by atoms with Gasteiger partial charge in [-0.1, -0.05) is 23.7 Å². The molecule has 0 fully saturated rings. The Bertz CT molecular complexity index is 708. The molecule has 0 radical (unpaired) electrons. The number of halogens is 1. The third kappa shape index (κ3) is 2.15. The van der Waals surface area contributed by atoms with Crippen molar-refractivity contribution in [3.05, 3.63) is 47.7 Å². The second-order valence-electron chi connectivity index (χ2n) is 4.00. The maximum atomic E-state index is 6.02. The molecule has 0 spiro atoms. The van der Waals surface area contributed by atoms with Gasteiger partial charge in [0.1, 0.15) is 0 Å². The summed E-state index contributed by atoms with van der Waals surface area (Å²) in [7, 11) is 0. The van der Waals surface area contributed by atoms with Crippen molar-refractivity contribution in [1.29, 1.82) is 0 Å². The fourth-order valence-corrected chi connectivity index (χ4v) is 2.13. The Kier molecular flexibility index (Phi) is 2.89. The van der Waals surface area contributed by atoms with Crippen LogP contribution in [0, 0.1) is 0 Å². The van der Waals surface area contributed by atoms with E-state index in [-0.39, 0.29) is 0 Å². The highest BCUT2D eigenvalue weighted by molar-refractivity contribution is 6.30. The van der Waals surface area contributed by atoms with Crippen molar-refractivity contribution in [2.24, 2.45) is 0 Å². The minimum atomic E-state index is 0.425. The van der Waals surface area contributed by atoms with Gasteiger partial charge in [0.15, 0.2) is 5.82 Å². The summed E-state index contributed by atoms with van der Waals surface area (Å²) >= 11 is 6.02. The van der Waals surface area contributed by atoms with E-state index in [4.69, 9.17) is 17.3 Å². The first-order chi connectivity index (χ1) is 9.25. The quantitative estimate of drug-likeness (QED) is 0.751. The van der Waals surface area contributed by atoms with E-state index in [0.29, 0.717) is 10.8 Å². The van der Waals surface area contributed by atoms with Gasteiger partial charge in [0.25, 0.3) is 0 Å². The summed E-state index contributed by atoms with van der Waals surface area (Å²) in [5.74, 6) is 0.425. The van der Waals surface area contributed by atoms with Crippen LogP contribution in [0.1, 0.15) is 0 Å². The maximum Gasteiger partial charge on any atom is 0.153 e. The smallest absolute Gasteiger partial charge is 0.153 e. The normalized spacial score (nSPS) is 10.6. The monoisotopic (exact) mass is 271 g/mol. The van der Waals surface area contributed by atoms with Crippen LogP contribution in [0.15, 0.2) is 42.7 Å². The molecule has 3 N–H and O–H groups in total. The molecule has 0 unspecified atom stereocenters. The molecule has 0 aliphatic rings. The second-order valence-corrected chi connectivity index (χ2v) is 4.44. The lowest BCUT2D eigenvalue weighted by atomic mass is 10.0. The molecular formula is C13H10ClN5. The molecule has 1 aromatic carbocycles. The van der Waals surface area contributed by atoms with Gasteiger partial charge in [0, 0.05) is 10.6 Å². The van der Waals surface area contributed by atoms with E-state index in [1.165, 1.54) is 0 Å². The SMILES string of the molecule is Nc1n[nH]c(-c2ccnnc2)c1-c1cccc(Cl)c1. The topological polar surface area (TPSA) is 80.5 Å². The predicted molar refractivity (Wildman–Crippen MR) is 74.5 cm³/mol. The lowest BCUT2D eigenvalue weighted by molar-refractivity contribution is 1.03. The van der Waals surface area contributed by atoms with Crippen LogP contribution in [-0.4, -0.2) is 20.4 Å². The Morgan fingerprint density at radius 3 is 2.74 bits per heavy atom. The average Bonchev–Trinajstić information content (AvgIpc) is 2.82. The molecule has 2 aromatic heterocycles. The molecule has 19 heavy (non-hydrogen) atoms. The Morgan fingerprint density at radius 2 is 2.00 bits per heavy atom. The van der Waals surface area contributed by atoms with Crippen molar-refractivity contribution in [3.8, 4) is 22.4 Å². The molecule has 2 heterocycles. The van der Waals surface area contributed by atoms with E-state index in [9.17, 15) is 0 Å². The van der Waals surface area contributed by atoms with Crippen LogP contribution in [0.25, 0.3) is 22.4 Å². The molecule has 0 atom stereocenters. The van der Waals surface area contributed by atoms with E-state index in [2.05, 4.69) is 20.4 Å². The van der Waals surface area contributed by atoms with E-state index < -0.39 is 0 Å². The molecule has 0 bridgehead atoms. The van der Waals surface area contributed by atoms with Crippen molar-refractivity contribution in [1.82, 2.24) is 20.4 Å². The van der Waals surface area contributed by atoms with Crippen LogP contribution < -0.4 is 5.73 Å². The highest BCUT2D eigenvalue weighted by Crippen LogP contribution is 2.34. The summed E-state index contributed by atoms with van der Waals surface area (Å²) in [6, 6.07) is 9.31. The van der Waals surface area contributed by atoms with Crippen LogP contribution in [0.3, 0.4) is 0 Å². The number of nitrogens with two attached hydrogens (primary N) is 1. The molecule has 5 nitrogen and oxygen atoms in total. The van der Waals surface area contributed by atoms with Gasteiger partial charge >= 0.3 is 0 Å². The summed E-state index contributed by atoms with van der Waals surface area (Å²) in [4.78, 5) is 0. The number of hydrogen-bond acceptors (Lipinski definition) is 4. The molecule has 94 valence electrons. The maximum absolute atomic E-state index is 6.02. The van der Waals surface area contributed by atoms with Crippen LogP contribution in [0.2, 0.25) is 5.02 Å². The molecule has 3 rings (SSSR count). The molecule has 0 saturated heterocycles. The Balaban J connectivity index is 2.20. The summed E-state index contributed by atoms with van der Waals surface area (Å²) in [6.07, 6.45) is 3.27. The number of nitrogen functional groups attached to an aromatic ring is 1. The van der Waals surface area contributed by atoms with E-state index >= 15 is 0 Å². The van der Waals surface area contributed by atoms with Crippen molar-refractivity contribution in [2.75, 3.05) is 5.73 Å². The van der Waals surface area contributed by atoms with Crippen LogP contribution in [0.4, 0.5) is 5.82 Å². The average molecular weight is 272 g/mol. The number of benzene rings is 1. The lowest BCUT2D eigenvalue weighted by Crippen LogP contribution is -1.89. The van der Waals surface area contributed by atoms with Gasteiger partial charge in [0.05, 0.1) is 23.7 Å². The lowest BCUT2D eigenvalue weighted by Gasteiger charge is -2.04. The highest BCUT2D eigenvalue weighted by Gasteiger charge is 2.15. The van der Waals surface area contributed by atoms with Crippen molar-refractivity contribution >= 4 is 17.4 Å². The molecule has 6 heteroatoms. The van der Waals surface area contributed by atoms with Gasteiger partial charge in [-0.3, -0.25) is 5.10 Å². The fourth-order valence-electron chi connectivity index (χ4n) is 1.94. The zero-order chi connectivity index (χ0) is 13.2. The van der Waals surface area contributed by atoms with E-state index in [1.807, 2.05) is 30.3 Å². The molecule has 3 aromatic rings. The van der Waals surface area contributed by atoms with Gasteiger partial charge in [-0.2, -0.15) is 15.3 Å². The van der Waals surface area contributed by atoms with Gasteiger partial charge in [-0.05, 0) is 23.8 Å². The van der Waals surface area contributed by atoms with Crippen molar-refractivity contribution in [2.45, 2.75) is 0 Å². The van der Waals surface area contributed by atoms with Crippen molar-refractivity contribution < 1.29 is 0 Å². The van der Waals surface area contributed by atoms with Crippen LogP contribution >= 0.6 is 11.6 Å². The van der Waals surface area contributed by atoms with Gasteiger partial charge < -0.3 is 5.73 Å². The highest BCUT2D eigenvalue weighted by atomic mass is 35.5. The number of aromatic amines is 1. The Morgan fingerprint density at radius 1 is 1.11 bits per heavy atom. The first-order valence-corrected chi connectivity index (χ1v) is 6.00.